The monoisotopic (exact) mass is 226 g/mol. The quantitative estimate of drug-likeness (QED) is 0.775. The number of rotatable bonds is 5. The van der Waals surface area contributed by atoms with Crippen LogP contribution in [-0.4, -0.2) is 28.2 Å². The molecule has 2 N–H and O–H groups in total. The Balaban J connectivity index is 2.75. The van der Waals surface area contributed by atoms with Crippen molar-refractivity contribution in [3.63, 3.8) is 0 Å². The number of carbonyl (C=O) groups is 2. The van der Waals surface area contributed by atoms with E-state index >= 15 is 0 Å². The molecule has 1 heterocycles. The van der Waals surface area contributed by atoms with Crippen LogP contribution in [0.4, 0.5) is 0 Å². The highest BCUT2D eigenvalue weighted by molar-refractivity contribution is 5.97. The maximum atomic E-state index is 11.7. The molecule has 0 spiro atoms. The molecule has 0 bridgehead atoms. The van der Waals surface area contributed by atoms with Gasteiger partial charge >= 0.3 is 5.97 Å². The van der Waals surface area contributed by atoms with Crippen LogP contribution in [0.2, 0.25) is 0 Å². The second-order valence-corrected chi connectivity index (χ2v) is 3.29. The van der Waals surface area contributed by atoms with Gasteiger partial charge in [-0.3, -0.25) is 4.79 Å². The average molecular weight is 226 g/mol. The smallest absolute Gasteiger partial charge is 0.326 e. The van der Waals surface area contributed by atoms with Crippen LogP contribution in [0.3, 0.4) is 0 Å². The fourth-order valence-electron chi connectivity index (χ4n) is 1.28. The molecule has 1 unspecified atom stereocenters. The lowest BCUT2D eigenvalue weighted by atomic mass is 10.1. The molecule has 1 atom stereocenters. The third-order valence-electron chi connectivity index (χ3n) is 2.22. The molecule has 0 fully saturated rings. The largest absolute Gasteiger partial charge is 0.480 e. The van der Waals surface area contributed by atoms with Crippen molar-refractivity contribution in [2.75, 3.05) is 0 Å². The van der Waals surface area contributed by atoms with Crippen molar-refractivity contribution in [3.05, 3.63) is 17.5 Å². The van der Waals surface area contributed by atoms with Crippen LogP contribution in [0.5, 0.6) is 0 Å². The molecule has 0 saturated heterocycles. The molecule has 0 aromatic carbocycles. The maximum absolute atomic E-state index is 11.7. The van der Waals surface area contributed by atoms with E-state index < -0.39 is 17.9 Å². The van der Waals surface area contributed by atoms with E-state index in [1.165, 1.54) is 6.20 Å². The van der Waals surface area contributed by atoms with Gasteiger partial charge in [-0.15, -0.1) is 0 Å². The number of amides is 1. The molecule has 0 saturated carbocycles. The molecule has 0 aliphatic carbocycles. The number of carboxylic acids is 1. The molecule has 0 radical (unpaired) electrons. The molecule has 0 aliphatic heterocycles. The van der Waals surface area contributed by atoms with Crippen molar-refractivity contribution in [1.29, 1.82) is 0 Å². The first-order valence-corrected chi connectivity index (χ1v) is 5.07. The third kappa shape index (κ3) is 2.59. The molecule has 0 aliphatic rings. The van der Waals surface area contributed by atoms with Gasteiger partial charge in [-0.25, -0.2) is 4.79 Å². The lowest BCUT2D eigenvalue weighted by molar-refractivity contribution is -0.139. The molecule has 6 heteroatoms. The van der Waals surface area contributed by atoms with Gasteiger partial charge in [-0.2, -0.15) is 0 Å². The van der Waals surface area contributed by atoms with Gasteiger partial charge in [0, 0.05) is 6.42 Å². The average Bonchev–Trinajstić information content (AvgIpc) is 2.72. The SMILES string of the molecule is CCc1oncc1C(=O)NC(CC)C(=O)O. The van der Waals surface area contributed by atoms with Crippen LogP contribution in [0, 0.1) is 0 Å². The Bertz CT molecular complexity index is 386. The molecule has 6 nitrogen and oxygen atoms in total. The van der Waals surface area contributed by atoms with E-state index in [-0.39, 0.29) is 0 Å². The number of hydrogen-bond acceptors (Lipinski definition) is 4. The predicted molar refractivity (Wildman–Crippen MR) is 55.1 cm³/mol. The Morgan fingerprint density at radius 1 is 1.56 bits per heavy atom. The topological polar surface area (TPSA) is 92.4 Å². The van der Waals surface area contributed by atoms with Crippen molar-refractivity contribution in [1.82, 2.24) is 10.5 Å². The van der Waals surface area contributed by atoms with E-state index in [0.717, 1.165) is 0 Å². The molecule has 1 rings (SSSR count). The number of aliphatic carboxylic acids is 1. The van der Waals surface area contributed by atoms with E-state index in [4.69, 9.17) is 9.63 Å². The van der Waals surface area contributed by atoms with Crippen LogP contribution >= 0.6 is 0 Å². The van der Waals surface area contributed by atoms with E-state index in [9.17, 15) is 9.59 Å². The van der Waals surface area contributed by atoms with Gasteiger partial charge in [0.15, 0.2) is 0 Å². The summed E-state index contributed by atoms with van der Waals surface area (Å²) >= 11 is 0. The lowest BCUT2D eigenvalue weighted by Gasteiger charge is -2.11. The minimum Gasteiger partial charge on any atom is -0.480 e. The minimum atomic E-state index is -1.05. The first-order chi connectivity index (χ1) is 7.60. The zero-order valence-corrected chi connectivity index (χ0v) is 9.19. The number of carbonyl (C=O) groups excluding carboxylic acids is 1. The van der Waals surface area contributed by atoms with Crippen molar-refractivity contribution in [2.24, 2.45) is 0 Å². The number of carboxylic acid groups (broad SMARTS) is 1. The fourth-order valence-corrected chi connectivity index (χ4v) is 1.28. The number of nitrogens with one attached hydrogen (secondary N) is 1. The fraction of sp³-hybridized carbons (Fsp3) is 0.500. The van der Waals surface area contributed by atoms with Crippen LogP contribution < -0.4 is 5.32 Å². The van der Waals surface area contributed by atoms with E-state index in [1.807, 2.05) is 6.92 Å². The summed E-state index contributed by atoms with van der Waals surface area (Å²) in [6.07, 6.45) is 2.16. The predicted octanol–water partition coefficient (Wildman–Crippen LogP) is 0.830. The zero-order chi connectivity index (χ0) is 12.1. The first kappa shape index (κ1) is 12.2. The normalized spacial score (nSPS) is 12.1. The Morgan fingerprint density at radius 3 is 2.75 bits per heavy atom. The van der Waals surface area contributed by atoms with E-state index in [0.29, 0.717) is 24.2 Å². The summed E-state index contributed by atoms with van der Waals surface area (Å²) in [5.74, 6) is -1.06. The highest BCUT2D eigenvalue weighted by atomic mass is 16.5. The Labute approximate surface area is 92.6 Å². The summed E-state index contributed by atoms with van der Waals surface area (Å²) in [5.41, 5.74) is 0.294. The summed E-state index contributed by atoms with van der Waals surface area (Å²) in [5, 5.41) is 14.7. The van der Waals surface area contributed by atoms with E-state index in [2.05, 4.69) is 10.5 Å². The Morgan fingerprint density at radius 2 is 2.25 bits per heavy atom. The van der Waals surface area contributed by atoms with Gasteiger partial charge in [-0.05, 0) is 6.42 Å². The highest BCUT2D eigenvalue weighted by Gasteiger charge is 2.21. The van der Waals surface area contributed by atoms with Gasteiger partial charge in [0.05, 0.1) is 6.20 Å². The van der Waals surface area contributed by atoms with Crippen LogP contribution in [-0.2, 0) is 11.2 Å². The van der Waals surface area contributed by atoms with Crippen LogP contribution in [0.25, 0.3) is 0 Å². The molecule has 16 heavy (non-hydrogen) atoms. The second-order valence-electron chi connectivity index (χ2n) is 3.29. The first-order valence-electron chi connectivity index (χ1n) is 5.07. The van der Waals surface area contributed by atoms with Crippen molar-refractivity contribution >= 4 is 11.9 Å². The number of hydrogen-bond donors (Lipinski definition) is 2. The van der Waals surface area contributed by atoms with Gasteiger partial charge in [0.1, 0.15) is 17.4 Å². The van der Waals surface area contributed by atoms with Crippen LogP contribution in [0.15, 0.2) is 10.7 Å². The molecule has 1 aromatic heterocycles. The summed E-state index contributed by atoms with van der Waals surface area (Å²) in [7, 11) is 0. The molecular formula is C10H14N2O4. The standard InChI is InChI=1S/C10H14N2O4/c1-3-7(10(14)15)12-9(13)6-5-11-16-8(6)4-2/h5,7H,3-4H2,1-2H3,(H,12,13)(H,14,15). The van der Waals surface area contributed by atoms with Gasteiger partial charge < -0.3 is 14.9 Å². The number of aryl methyl sites for hydroxylation is 1. The third-order valence-corrected chi connectivity index (χ3v) is 2.22. The summed E-state index contributed by atoms with van der Waals surface area (Å²) < 4.78 is 4.85. The zero-order valence-electron chi connectivity index (χ0n) is 9.19. The Kier molecular flexibility index (Phi) is 4.04. The summed E-state index contributed by atoms with van der Waals surface area (Å²) in [6, 6.07) is -0.882. The van der Waals surface area contributed by atoms with E-state index in [1.54, 1.807) is 6.92 Å². The Hall–Kier alpha value is -1.85. The minimum absolute atomic E-state index is 0.294. The second kappa shape index (κ2) is 5.29. The van der Waals surface area contributed by atoms with Crippen molar-refractivity contribution < 1.29 is 19.2 Å². The van der Waals surface area contributed by atoms with Crippen molar-refractivity contribution in [2.45, 2.75) is 32.7 Å². The molecule has 88 valence electrons. The lowest BCUT2D eigenvalue weighted by Crippen LogP contribution is -2.40. The van der Waals surface area contributed by atoms with Gasteiger partial charge in [0.25, 0.3) is 5.91 Å². The highest BCUT2D eigenvalue weighted by Crippen LogP contribution is 2.08. The van der Waals surface area contributed by atoms with Crippen molar-refractivity contribution in [3.8, 4) is 0 Å². The number of nitrogens with zero attached hydrogens (tertiary/aromatic N) is 1. The number of aromatic nitrogens is 1. The summed E-state index contributed by atoms with van der Waals surface area (Å²) in [4.78, 5) is 22.4. The molecule has 1 amide bonds. The molecular weight excluding hydrogens is 212 g/mol. The molecule has 1 aromatic rings. The van der Waals surface area contributed by atoms with Crippen LogP contribution in [0.1, 0.15) is 36.4 Å². The summed E-state index contributed by atoms with van der Waals surface area (Å²) in [6.45, 7) is 3.51. The van der Waals surface area contributed by atoms with Gasteiger partial charge in [-0.1, -0.05) is 19.0 Å². The van der Waals surface area contributed by atoms with Gasteiger partial charge in [0.2, 0.25) is 0 Å². The maximum Gasteiger partial charge on any atom is 0.326 e.